The highest BCUT2D eigenvalue weighted by atomic mass is 32.2. The summed E-state index contributed by atoms with van der Waals surface area (Å²) in [5.74, 6) is -0.843. The number of rotatable bonds is 3. The summed E-state index contributed by atoms with van der Waals surface area (Å²) in [6, 6.07) is 0. The first-order valence-corrected chi connectivity index (χ1v) is 5.07. The van der Waals surface area contributed by atoms with E-state index in [1.54, 1.807) is 0 Å². The molecule has 0 aliphatic carbocycles. The van der Waals surface area contributed by atoms with Gasteiger partial charge in [-0.2, -0.15) is 13.2 Å². The van der Waals surface area contributed by atoms with Crippen molar-refractivity contribution in [3.05, 3.63) is 23.3 Å². The molecule has 1 aromatic rings. The van der Waals surface area contributed by atoms with Crippen LogP contribution in [0.25, 0.3) is 0 Å². The van der Waals surface area contributed by atoms with Gasteiger partial charge in [-0.25, -0.2) is 14.2 Å². The van der Waals surface area contributed by atoms with Crippen molar-refractivity contribution < 1.29 is 26.7 Å². The summed E-state index contributed by atoms with van der Waals surface area (Å²) in [5.41, 5.74) is -2.58. The fraction of sp³-hybridized carbons (Fsp3) is 0.286. The van der Waals surface area contributed by atoms with E-state index in [1.807, 2.05) is 0 Å². The Hall–Kier alpha value is -1.35. The molecule has 16 heavy (non-hydrogen) atoms. The molecule has 1 N–H and O–H groups in total. The zero-order valence-electron chi connectivity index (χ0n) is 7.56. The molecule has 1 rings (SSSR count). The maximum Gasteiger partial charge on any atom is 0.433 e. The molecule has 0 radical (unpaired) electrons. The van der Waals surface area contributed by atoms with Crippen molar-refractivity contribution in [2.45, 2.75) is 11.9 Å². The molecule has 9 heteroatoms. The average Bonchev–Trinajstić information content (AvgIpc) is 2.15. The van der Waals surface area contributed by atoms with Gasteiger partial charge in [0.25, 0.3) is 0 Å². The highest BCUT2D eigenvalue weighted by Gasteiger charge is 2.37. The van der Waals surface area contributed by atoms with E-state index in [-0.39, 0.29) is 6.29 Å². The first-order valence-electron chi connectivity index (χ1n) is 3.80. The van der Waals surface area contributed by atoms with Crippen LogP contribution < -0.4 is 0 Å². The normalized spacial score (nSPS) is 13.5. The molecule has 0 spiro atoms. The van der Waals surface area contributed by atoms with Gasteiger partial charge in [0, 0.05) is 5.56 Å². The standard InChI is InChI=1S/C7H5F3N2O3S/c8-7(9,10)6-4(2-16(14)15)5(1-13)11-3-12-6/h1,3H,2H2,(H,14,15). The van der Waals surface area contributed by atoms with Crippen molar-refractivity contribution in [1.29, 1.82) is 0 Å². The molecule has 5 nitrogen and oxygen atoms in total. The number of aldehydes is 1. The molecule has 0 fully saturated rings. The number of carbonyl (C=O) groups is 1. The van der Waals surface area contributed by atoms with E-state index >= 15 is 0 Å². The first-order chi connectivity index (χ1) is 7.36. The molecule has 88 valence electrons. The van der Waals surface area contributed by atoms with Gasteiger partial charge in [-0.05, 0) is 0 Å². The van der Waals surface area contributed by atoms with E-state index in [9.17, 15) is 22.2 Å². The van der Waals surface area contributed by atoms with Crippen molar-refractivity contribution in [3.63, 3.8) is 0 Å². The number of alkyl halides is 3. The summed E-state index contributed by atoms with van der Waals surface area (Å²) in [6.07, 6.45) is -4.13. The quantitative estimate of drug-likeness (QED) is 0.643. The molecule has 1 unspecified atom stereocenters. The Morgan fingerprint density at radius 3 is 2.50 bits per heavy atom. The maximum atomic E-state index is 12.4. The molecule has 1 heterocycles. The van der Waals surface area contributed by atoms with Crippen LogP contribution in [0.1, 0.15) is 21.7 Å². The van der Waals surface area contributed by atoms with Gasteiger partial charge in [0.05, 0.1) is 5.75 Å². The van der Waals surface area contributed by atoms with Crippen LogP contribution in [0.3, 0.4) is 0 Å². The zero-order chi connectivity index (χ0) is 12.3. The Morgan fingerprint density at radius 1 is 1.44 bits per heavy atom. The number of halogens is 3. The number of hydrogen-bond donors (Lipinski definition) is 1. The van der Waals surface area contributed by atoms with E-state index in [1.165, 1.54) is 0 Å². The number of aromatic nitrogens is 2. The monoisotopic (exact) mass is 254 g/mol. The number of nitrogens with zero attached hydrogens (tertiary/aromatic N) is 2. The minimum atomic E-state index is -4.80. The molecule has 1 aromatic heterocycles. The molecule has 0 bridgehead atoms. The predicted octanol–water partition coefficient (Wildman–Crippen LogP) is 1.03. The molecule has 0 saturated heterocycles. The van der Waals surface area contributed by atoms with Gasteiger partial charge in [-0.3, -0.25) is 4.79 Å². The molecule has 0 saturated carbocycles. The Kier molecular flexibility index (Phi) is 3.70. The predicted molar refractivity (Wildman–Crippen MR) is 46.9 cm³/mol. The largest absolute Gasteiger partial charge is 0.433 e. The lowest BCUT2D eigenvalue weighted by Gasteiger charge is -2.10. The molecule has 0 aliphatic heterocycles. The Morgan fingerprint density at radius 2 is 2.06 bits per heavy atom. The minimum Gasteiger partial charge on any atom is -0.306 e. The second-order valence-corrected chi connectivity index (χ2v) is 3.60. The van der Waals surface area contributed by atoms with E-state index < -0.39 is 40.0 Å². The summed E-state index contributed by atoms with van der Waals surface area (Å²) in [7, 11) is 0. The molecule has 0 amide bonds. The SMILES string of the molecule is O=Cc1ncnc(C(F)(F)F)c1CS(=O)O. The number of hydrogen-bond acceptors (Lipinski definition) is 4. The Balaban J connectivity index is 3.37. The average molecular weight is 254 g/mol. The lowest BCUT2D eigenvalue weighted by Crippen LogP contribution is -2.16. The smallest absolute Gasteiger partial charge is 0.306 e. The first kappa shape index (κ1) is 12.7. The number of carbonyl (C=O) groups excluding carboxylic acids is 1. The van der Waals surface area contributed by atoms with Crippen molar-refractivity contribution >= 4 is 17.4 Å². The van der Waals surface area contributed by atoms with Gasteiger partial charge in [0.1, 0.15) is 12.0 Å². The second kappa shape index (κ2) is 4.66. The highest BCUT2D eigenvalue weighted by Crippen LogP contribution is 2.31. The van der Waals surface area contributed by atoms with E-state index in [4.69, 9.17) is 4.55 Å². The van der Waals surface area contributed by atoms with Crippen LogP contribution in [0.2, 0.25) is 0 Å². The van der Waals surface area contributed by atoms with Gasteiger partial charge in [-0.15, -0.1) is 0 Å². The van der Waals surface area contributed by atoms with E-state index in [0.29, 0.717) is 6.33 Å². The zero-order valence-corrected chi connectivity index (χ0v) is 8.38. The van der Waals surface area contributed by atoms with Gasteiger partial charge in [0.15, 0.2) is 23.1 Å². The minimum absolute atomic E-state index is 0.0825. The molecular formula is C7H5F3N2O3S. The summed E-state index contributed by atoms with van der Waals surface area (Å²) < 4.78 is 56.3. The van der Waals surface area contributed by atoms with Crippen LogP contribution in [0.4, 0.5) is 13.2 Å². The molecule has 0 aliphatic rings. The van der Waals surface area contributed by atoms with Crippen molar-refractivity contribution in [1.82, 2.24) is 9.97 Å². The van der Waals surface area contributed by atoms with Crippen LogP contribution in [-0.4, -0.2) is 25.0 Å². The van der Waals surface area contributed by atoms with Crippen LogP contribution in [0.5, 0.6) is 0 Å². The summed E-state index contributed by atoms with van der Waals surface area (Å²) in [6.45, 7) is 0. The van der Waals surface area contributed by atoms with E-state index in [2.05, 4.69) is 9.97 Å². The fourth-order valence-electron chi connectivity index (χ4n) is 1.04. The van der Waals surface area contributed by atoms with Gasteiger partial charge < -0.3 is 4.55 Å². The lowest BCUT2D eigenvalue weighted by molar-refractivity contribution is -0.141. The third-order valence-electron chi connectivity index (χ3n) is 1.63. The molecule has 1 atom stereocenters. The summed E-state index contributed by atoms with van der Waals surface area (Å²) >= 11 is -2.51. The Bertz CT molecular complexity index is 435. The van der Waals surface area contributed by atoms with Crippen molar-refractivity contribution in [2.24, 2.45) is 0 Å². The van der Waals surface area contributed by atoms with Crippen molar-refractivity contribution in [3.8, 4) is 0 Å². The van der Waals surface area contributed by atoms with Crippen molar-refractivity contribution in [2.75, 3.05) is 0 Å². The fourth-order valence-corrected chi connectivity index (χ4v) is 1.57. The van der Waals surface area contributed by atoms with Crippen LogP contribution in [0.15, 0.2) is 6.33 Å². The third-order valence-corrected chi connectivity index (χ3v) is 2.16. The van der Waals surface area contributed by atoms with Gasteiger partial charge in [-0.1, -0.05) is 0 Å². The summed E-state index contributed by atoms with van der Waals surface area (Å²) in [5, 5.41) is 0. The van der Waals surface area contributed by atoms with Gasteiger partial charge in [0.2, 0.25) is 0 Å². The highest BCUT2D eigenvalue weighted by molar-refractivity contribution is 7.78. The lowest BCUT2D eigenvalue weighted by atomic mass is 10.2. The topological polar surface area (TPSA) is 80.2 Å². The van der Waals surface area contributed by atoms with E-state index in [0.717, 1.165) is 0 Å². The maximum absolute atomic E-state index is 12.4. The van der Waals surface area contributed by atoms with Gasteiger partial charge >= 0.3 is 6.18 Å². The van der Waals surface area contributed by atoms with Crippen LogP contribution >= 0.6 is 0 Å². The Labute approximate surface area is 90.0 Å². The third kappa shape index (κ3) is 2.83. The van der Waals surface area contributed by atoms with Crippen LogP contribution in [-0.2, 0) is 23.0 Å². The van der Waals surface area contributed by atoms with Crippen LogP contribution in [0, 0.1) is 0 Å². The second-order valence-electron chi connectivity index (χ2n) is 2.67. The molecule has 0 aromatic carbocycles. The summed E-state index contributed by atoms with van der Waals surface area (Å²) in [4.78, 5) is 16.7. The molecular weight excluding hydrogens is 249 g/mol.